The van der Waals surface area contributed by atoms with Gasteiger partial charge in [-0.15, -0.1) is 11.8 Å². The molecule has 0 aliphatic heterocycles. The van der Waals surface area contributed by atoms with Crippen LogP contribution in [0.25, 0.3) is 0 Å². The van der Waals surface area contributed by atoms with E-state index in [2.05, 4.69) is 37.4 Å². The lowest BCUT2D eigenvalue weighted by atomic mass is 10.2. The number of thioether (sulfide) groups is 1. The fraction of sp³-hybridized carbons (Fsp3) is 0.533. The van der Waals surface area contributed by atoms with Crippen molar-refractivity contribution in [2.24, 2.45) is 0 Å². The molecule has 0 aromatic heterocycles. The zero-order chi connectivity index (χ0) is 14.3. The number of benzene rings is 1. The van der Waals surface area contributed by atoms with Crippen LogP contribution in [-0.2, 0) is 9.53 Å². The lowest BCUT2D eigenvalue weighted by Crippen LogP contribution is -2.36. The topological polar surface area (TPSA) is 38.3 Å². The minimum absolute atomic E-state index is 0.161. The Hall–Kier alpha value is -1.00. The van der Waals surface area contributed by atoms with E-state index in [1.54, 1.807) is 18.8 Å². The summed E-state index contributed by atoms with van der Waals surface area (Å²) in [6.45, 7) is 6.47. The number of carbonyl (C=O) groups is 1. The third kappa shape index (κ3) is 5.25. The number of esters is 1. The molecule has 19 heavy (non-hydrogen) atoms. The second-order valence-electron chi connectivity index (χ2n) is 4.50. The minimum Gasteiger partial charge on any atom is -0.465 e. The molecule has 0 saturated heterocycles. The highest BCUT2D eigenvalue weighted by atomic mass is 32.2. The summed E-state index contributed by atoms with van der Waals surface area (Å²) in [5.41, 5.74) is 2.55. The van der Waals surface area contributed by atoms with Gasteiger partial charge in [0.1, 0.15) is 6.04 Å². The number of carbonyl (C=O) groups excluding carboxylic acids is 1. The summed E-state index contributed by atoms with van der Waals surface area (Å²) in [6, 6.07) is 6.24. The van der Waals surface area contributed by atoms with Gasteiger partial charge in [0.2, 0.25) is 0 Å². The highest BCUT2D eigenvalue weighted by molar-refractivity contribution is 7.99. The number of aryl methyl sites for hydroxylation is 2. The smallest absolute Gasteiger partial charge is 0.323 e. The summed E-state index contributed by atoms with van der Waals surface area (Å²) < 4.78 is 5.03. The van der Waals surface area contributed by atoms with Crippen molar-refractivity contribution >= 4 is 17.7 Å². The molecular formula is C15H23NO2S. The maximum absolute atomic E-state index is 11.6. The van der Waals surface area contributed by atoms with Crippen molar-refractivity contribution in [3.05, 3.63) is 29.3 Å². The molecule has 0 amide bonds. The maximum Gasteiger partial charge on any atom is 0.323 e. The maximum atomic E-state index is 11.6. The lowest BCUT2D eigenvalue weighted by Gasteiger charge is -2.14. The van der Waals surface area contributed by atoms with E-state index in [9.17, 15) is 4.79 Å². The molecule has 0 aliphatic rings. The van der Waals surface area contributed by atoms with E-state index in [1.807, 2.05) is 6.92 Å². The van der Waals surface area contributed by atoms with Gasteiger partial charge in [0, 0.05) is 10.6 Å². The van der Waals surface area contributed by atoms with E-state index in [0.29, 0.717) is 6.61 Å². The van der Waals surface area contributed by atoms with Crippen LogP contribution in [0.5, 0.6) is 0 Å². The van der Waals surface area contributed by atoms with Gasteiger partial charge < -0.3 is 10.1 Å². The van der Waals surface area contributed by atoms with Crippen LogP contribution in [0, 0.1) is 13.8 Å². The molecule has 0 radical (unpaired) electrons. The molecule has 1 aromatic carbocycles. The van der Waals surface area contributed by atoms with Crippen LogP contribution < -0.4 is 5.32 Å². The van der Waals surface area contributed by atoms with E-state index in [0.717, 1.165) is 12.2 Å². The van der Waals surface area contributed by atoms with Crippen LogP contribution in [-0.4, -0.2) is 31.4 Å². The van der Waals surface area contributed by atoms with Gasteiger partial charge in [-0.05, 0) is 45.9 Å². The molecule has 3 nitrogen and oxygen atoms in total. The Morgan fingerprint density at radius 1 is 1.42 bits per heavy atom. The molecule has 106 valence electrons. The Labute approximate surface area is 120 Å². The van der Waals surface area contributed by atoms with Crippen molar-refractivity contribution in [1.29, 1.82) is 0 Å². The molecule has 0 bridgehead atoms. The normalized spacial score (nSPS) is 12.2. The summed E-state index contributed by atoms with van der Waals surface area (Å²) in [6.07, 6.45) is 0.771. The van der Waals surface area contributed by atoms with E-state index in [-0.39, 0.29) is 12.0 Å². The molecule has 0 aliphatic carbocycles. The summed E-state index contributed by atoms with van der Waals surface area (Å²) in [5, 5.41) is 3.01. The van der Waals surface area contributed by atoms with Crippen molar-refractivity contribution < 1.29 is 9.53 Å². The van der Waals surface area contributed by atoms with E-state index >= 15 is 0 Å². The van der Waals surface area contributed by atoms with Crippen LogP contribution >= 0.6 is 11.8 Å². The summed E-state index contributed by atoms with van der Waals surface area (Å²) in [7, 11) is 1.80. The van der Waals surface area contributed by atoms with E-state index < -0.39 is 0 Å². The van der Waals surface area contributed by atoms with Gasteiger partial charge in [0.05, 0.1) is 6.61 Å². The average molecular weight is 281 g/mol. The molecular weight excluding hydrogens is 258 g/mol. The zero-order valence-electron chi connectivity index (χ0n) is 12.2. The largest absolute Gasteiger partial charge is 0.465 e. The van der Waals surface area contributed by atoms with Crippen molar-refractivity contribution in [3.63, 3.8) is 0 Å². The van der Waals surface area contributed by atoms with Crippen molar-refractivity contribution in [1.82, 2.24) is 5.32 Å². The SMILES string of the molecule is CCOC(=O)C(CCSc1cc(C)ccc1C)NC. The Kier molecular flexibility index (Phi) is 6.95. The van der Waals surface area contributed by atoms with Crippen molar-refractivity contribution in [2.75, 3.05) is 19.4 Å². The zero-order valence-corrected chi connectivity index (χ0v) is 13.0. The molecule has 1 N–H and O–H groups in total. The van der Waals surface area contributed by atoms with Crippen LogP contribution in [0.15, 0.2) is 23.1 Å². The predicted octanol–water partition coefficient (Wildman–Crippen LogP) is 2.94. The molecule has 1 unspecified atom stereocenters. The molecule has 0 heterocycles. The third-order valence-electron chi connectivity index (χ3n) is 2.93. The minimum atomic E-state index is -0.211. The van der Waals surface area contributed by atoms with Gasteiger partial charge in [-0.3, -0.25) is 4.79 Å². The van der Waals surface area contributed by atoms with Gasteiger partial charge in [-0.2, -0.15) is 0 Å². The van der Waals surface area contributed by atoms with Crippen LogP contribution in [0.3, 0.4) is 0 Å². The summed E-state index contributed by atoms with van der Waals surface area (Å²) in [4.78, 5) is 12.9. The first-order chi connectivity index (χ1) is 9.08. The third-order valence-corrected chi connectivity index (χ3v) is 4.12. The fourth-order valence-electron chi connectivity index (χ4n) is 1.77. The Balaban J connectivity index is 2.48. The second kappa shape index (κ2) is 8.23. The van der Waals surface area contributed by atoms with E-state index in [4.69, 9.17) is 4.74 Å². The number of hydrogen-bond donors (Lipinski definition) is 1. The van der Waals surface area contributed by atoms with Gasteiger partial charge in [-0.25, -0.2) is 0 Å². The predicted molar refractivity (Wildman–Crippen MR) is 80.7 cm³/mol. The highest BCUT2D eigenvalue weighted by Crippen LogP contribution is 2.24. The molecule has 1 rings (SSSR count). The van der Waals surface area contributed by atoms with Crippen LogP contribution in [0.2, 0.25) is 0 Å². The first-order valence-corrected chi connectivity index (χ1v) is 7.61. The fourth-order valence-corrected chi connectivity index (χ4v) is 2.91. The molecule has 0 spiro atoms. The van der Waals surface area contributed by atoms with Crippen LogP contribution in [0.1, 0.15) is 24.5 Å². The number of ether oxygens (including phenoxy) is 1. The number of rotatable bonds is 7. The lowest BCUT2D eigenvalue weighted by molar-refractivity contribution is -0.145. The standard InChI is InChI=1S/C15H23NO2S/c1-5-18-15(17)13(16-4)8-9-19-14-10-11(2)6-7-12(14)3/h6-7,10,13,16H,5,8-9H2,1-4H3. The monoisotopic (exact) mass is 281 g/mol. The molecule has 4 heteroatoms. The summed E-state index contributed by atoms with van der Waals surface area (Å²) >= 11 is 1.79. The number of hydrogen-bond acceptors (Lipinski definition) is 4. The molecule has 1 aromatic rings. The highest BCUT2D eigenvalue weighted by Gasteiger charge is 2.17. The molecule has 1 atom stereocenters. The first-order valence-electron chi connectivity index (χ1n) is 6.62. The Morgan fingerprint density at radius 2 is 2.16 bits per heavy atom. The van der Waals surface area contributed by atoms with Gasteiger partial charge in [-0.1, -0.05) is 17.7 Å². The number of nitrogens with one attached hydrogen (secondary N) is 1. The Bertz CT molecular complexity index is 421. The van der Waals surface area contributed by atoms with Crippen molar-refractivity contribution in [3.8, 4) is 0 Å². The van der Waals surface area contributed by atoms with Gasteiger partial charge in [0.15, 0.2) is 0 Å². The van der Waals surface area contributed by atoms with Gasteiger partial charge >= 0.3 is 5.97 Å². The summed E-state index contributed by atoms with van der Waals surface area (Å²) in [5.74, 6) is 0.737. The Morgan fingerprint density at radius 3 is 2.79 bits per heavy atom. The average Bonchev–Trinajstić information content (AvgIpc) is 2.38. The second-order valence-corrected chi connectivity index (χ2v) is 5.64. The van der Waals surface area contributed by atoms with Gasteiger partial charge in [0.25, 0.3) is 0 Å². The van der Waals surface area contributed by atoms with Crippen molar-refractivity contribution in [2.45, 2.75) is 38.1 Å². The quantitative estimate of drug-likeness (QED) is 0.616. The van der Waals surface area contributed by atoms with Crippen LogP contribution in [0.4, 0.5) is 0 Å². The first kappa shape index (κ1) is 16.1. The van der Waals surface area contributed by atoms with E-state index in [1.165, 1.54) is 16.0 Å². The molecule has 0 fully saturated rings. The number of likely N-dealkylation sites (N-methyl/N-ethyl adjacent to an activating group) is 1. The molecule has 0 saturated carbocycles.